The molecule has 1 atom stereocenters. The molecule has 0 saturated carbocycles. The van der Waals surface area contributed by atoms with Crippen molar-refractivity contribution in [2.24, 2.45) is 11.3 Å². The third-order valence-electron chi connectivity index (χ3n) is 5.63. The number of carbonyl (C=O) groups is 1. The van der Waals surface area contributed by atoms with Crippen LogP contribution in [-0.4, -0.2) is 46.9 Å². The summed E-state index contributed by atoms with van der Waals surface area (Å²) in [7, 11) is 0. The fourth-order valence-corrected chi connectivity index (χ4v) is 4.23. The van der Waals surface area contributed by atoms with Gasteiger partial charge >= 0.3 is 0 Å². The summed E-state index contributed by atoms with van der Waals surface area (Å²) in [4.78, 5) is 21.2. The predicted molar refractivity (Wildman–Crippen MR) is 96.5 cm³/mol. The molecule has 2 fully saturated rings. The van der Waals surface area contributed by atoms with Crippen LogP contribution in [0.5, 0.6) is 0 Å². The molecule has 2 aliphatic rings. The Morgan fingerprint density at radius 2 is 2.00 bits per heavy atom. The van der Waals surface area contributed by atoms with Gasteiger partial charge in [0.05, 0.1) is 0 Å². The number of aromatic nitrogens is 1. The van der Waals surface area contributed by atoms with E-state index in [2.05, 4.69) is 28.6 Å². The Bertz CT molecular complexity index is 545. The van der Waals surface area contributed by atoms with E-state index < -0.39 is 0 Å². The lowest BCUT2D eigenvalue weighted by molar-refractivity contribution is -0.140. The molecule has 4 heteroatoms. The minimum Gasteiger partial charge on any atom is -0.338 e. The minimum atomic E-state index is 0.316. The average Bonchev–Trinajstić information content (AvgIpc) is 2.58. The molecule has 24 heavy (non-hydrogen) atoms. The molecule has 2 aliphatic heterocycles. The van der Waals surface area contributed by atoms with Crippen LogP contribution in [0.3, 0.4) is 0 Å². The zero-order valence-corrected chi connectivity index (χ0v) is 15.2. The number of piperidine rings is 2. The first kappa shape index (κ1) is 17.4. The number of nitrogens with zero attached hydrogens (tertiary/aromatic N) is 3. The second-order valence-corrected chi connectivity index (χ2v) is 8.17. The average molecular weight is 329 g/mol. The molecule has 0 bridgehead atoms. The molecular weight excluding hydrogens is 298 g/mol. The number of pyridine rings is 1. The van der Waals surface area contributed by atoms with Gasteiger partial charge in [0.15, 0.2) is 0 Å². The van der Waals surface area contributed by atoms with E-state index in [-0.39, 0.29) is 0 Å². The van der Waals surface area contributed by atoms with Gasteiger partial charge in [-0.1, -0.05) is 13.8 Å². The van der Waals surface area contributed by atoms with Gasteiger partial charge in [-0.3, -0.25) is 9.78 Å². The van der Waals surface area contributed by atoms with Crippen molar-refractivity contribution in [3.63, 3.8) is 0 Å². The number of likely N-dealkylation sites (tertiary alicyclic amines) is 2. The van der Waals surface area contributed by atoms with Gasteiger partial charge < -0.3 is 9.80 Å². The largest absolute Gasteiger partial charge is 0.338 e. The van der Waals surface area contributed by atoms with E-state index >= 15 is 0 Å². The monoisotopic (exact) mass is 329 g/mol. The maximum atomic E-state index is 12.4. The Labute approximate surface area is 146 Å². The first-order valence-electron chi connectivity index (χ1n) is 9.45. The zero-order chi connectivity index (χ0) is 17.0. The fourth-order valence-electron chi connectivity index (χ4n) is 4.23. The summed E-state index contributed by atoms with van der Waals surface area (Å²) in [5.41, 5.74) is 1.50. The summed E-state index contributed by atoms with van der Waals surface area (Å²) in [5.74, 6) is 1.08. The van der Waals surface area contributed by atoms with Gasteiger partial charge in [-0.2, -0.15) is 0 Å². The zero-order valence-electron chi connectivity index (χ0n) is 15.2. The van der Waals surface area contributed by atoms with E-state index in [1.807, 2.05) is 24.5 Å². The first-order chi connectivity index (χ1) is 11.6. The number of rotatable bonds is 5. The van der Waals surface area contributed by atoms with Crippen LogP contribution < -0.4 is 0 Å². The minimum absolute atomic E-state index is 0.316. The smallest absolute Gasteiger partial charge is 0.222 e. The van der Waals surface area contributed by atoms with Crippen molar-refractivity contribution in [2.45, 2.75) is 52.5 Å². The van der Waals surface area contributed by atoms with Gasteiger partial charge in [0.2, 0.25) is 5.91 Å². The van der Waals surface area contributed by atoms with Crippen LogP contribution in [-0.2, 0) is 11.3 Å². The molecule has 0 unspecified atom stereocenters. The topological polar surface area (TPSA) is 36.4 Å². The van der Waals surface area contributed by atoms with Gasteiger partial charge in [-0.05, 0) is 62.4 Å². The lowest BCUT2D eigenvalue weighted by Gasteiger charge is -2.48. The molecule has 3 heterocycles. The first-order valence-corrected chi connectivity index (χ1v) is 9.45. The normalized spacial score (nSPS) is 25.6. The predicted octanol–water partition coefficient (Wildman–Crippen LogP) is 3.33. The molecule has 1 amide bonds. The molecule has 0 N–H and O–H groups in total. The van der Waals surface area contributed by atoms with Gasteiger partial charge in [0, 0.05) is 43.9 Å². The van der Waals surface area contributed by atoms with Crippen LogP contribution in [0.15, 0.2) is 24.5 Å². The molecule has 1 spiro atoms. The third kappa shape index (κ3) is 4.35. The maximum absolute atomic E-state index is 12.4. The lowest BCUT2D eigenvalue weighted by Crippen LogP contribution is -2.53. The fraction of sp³-hybridized carbons (Fsp3) is 0.700. The van der Waals surface area contributed by atoms with E-state index in [9.17, 15) is 4.79 Å². The molecule has 0 radical (unpaired) electrons. The summed E-state index contributed by atoms with van der Waals surface area (Å²) in [6.45, 7) is 9.86. The van der Waals surface area contributed by atoms with Crippen molar-refractivity contribution >= 4 is 5.91 Å². The highest BCUT2D eigenvalue weighted by Crippen LogP contribution is 2.39. The van der Waals surface area contributed by atoms with Crippen LogP contribution in [0.4, 0.5) is 0 Å². The molecule has 4 nitrogen and oxygen atoms in total. The SMILES string of the molecule is CC(C)CCN1CCC[C@@]2(CCC(=O)N(Cc3ccncc3)C2)C1. The Morgan fingerprint density at radius 1 is 1.21 bits per heavy atom. The summed E-state index contributed by atoms with van der Waals surface area (Å²) in [5, 5.41) is 0. The van der Waals surface area contributed by atoms with Crippen molar-refractivity contribution in [3.05, 3.63) is 30.1 Å². The van der Waals surface area contributed by atoms with Gasteiger partial charge in [0.25, 0.3) is 0 Å². The van der Waals surface area contributed by atoms with E-state index in [0.29, 0.717) is 17.7 Å². The number of amides is 1. The maximum Gasteiger partial charge on any atom is 0.222 e. The summed E-state index contributed by atoms with van der Waals surface area (Å²) in [6.07, 6.45) is 9.22. The van der Waals surface area contributed by atoms with Crippen LogP contribution in [0.25, 0.3) is 0 Å². The molecule has 0 aliphatic carbocycles. The summed E-state index contributed by atoms with van der Waals surface area (Å²) in [6, 6.07) is 4.04. The summed E-state index contributed by atoms with van der Waals surface area (Å²) < 4.78 is 0. The molecule has 0 aromatic carbocycles. The van der Waals surface area contributed by atoms with Crippen LogP contribution >= 0.6 is 0 Å². The van der Waals surface area contributed by atoms with E-state index in [4.69, 9.17) is 0 Å². The van der Waals surface area contributed by atoms with Crippen LogP contribution in [0, 0.1) is 11.3 Å². The molecule has 2 saturated heterocycles. The Kier molecular flexibility index (Phi) is 5.54. The second-order valence-electron chi connectivity index (χ2n) is 8.17. The molecule has 1 aromatic heterocycles. The second kappa shape index (κ2) is 7.64. The van der Waals surface area contributed by atoms with Gasteiger partial charge in [-0.15, -0.1) is 0 Å². The highest BCUT2D eigenvalue weighted by molar-refractivity contribution is 5.77. The molecule has 132 valence electrons. The Balaban J connectivity index is 1.63. The third-order valence-corrected chi connectivity index (χ3v) is 5.63. The van der Waals surface area contributed by atoms with Crippen LogP contribution in [0.2, 0.25) is 0 Å². The van der Waals surface area contributed by atoms with Gasteiger partial charge in [0.1, 0.15) is 0 Å². The van der Waals surface area contributed by atoms with Crippen molar-refractivity contribution in [3.8, 4) is 0 Å². The number of hydrogen-bond donors (Lipinski definition) is 0. The highest BCUT2D eigenvalue weighted by atomic mass is 16.2. The molecule has 3 rings (SSSR count). The van der Waals surface area contributed by atoms with Crippen molar-refractivity contribution in [1.29, 1.82) is 0 Å². The van der Waals surface area contributed by atoms with Crippen LogP contribution in [0.1, 0.15) is 51.5 Å². The van der Waals surface area contributed by atoms with Crippen molar-refractivity contribution < 1.29 is 4.79 Å². The van der Waals surface area contributed by atoms with E-state index in [1.54, 1.807) is 0 Å². The number of hydrogen-bond acceptors (Lipinski definition) is 3. The van der Waals surface area contributed by atoms with Crippen molar-refractivity contribution in [1.82, 2.24) is 14.8 Å². The Hall–Kier alpha value is -1.42. The molecule has 1 aromatic rings. The van der Waals surface area contributed by atoms with Crippen molar-refractivity contribution in [2.75, 3.05) is 26.2 Å². The quantitative estimate of drug-likeness (QED) is 0.831. The van der Waals surface area contributed by atoms with E-state index in [1.165, 1.54) is 44.5 Å². The van der Waals surface area contributed by atoms with Gasteiger partial charge in [-0.25, -0.2) is 0 Å². The number of carbonyl (C=O) groups excluding carboxylic acids is 1. The summed E-state index contributed by atoms with van der Waals surface area (Å²) >= 11 is 0. The lowest BCUT2D eigenvalue weighted by atomic mass is 9.73. The molecular formula is C20H31N3O. The van der Waals surface area contributed by atoms with E-state index in [0.717, 1.165) is 25.4 Å². The standard InChI is InChI=1S/C20H31N3O/c1-17(2)7-13-22-12-3-8-20(15-22)9-4-19(24)23(16-20)14-18-5-10-21-11-6-18/h5-6,10-11,17H,3-4,7-9,12-16H2,1-2H3/t20-/m1/s1. The Morgan fingerprint density at radius 3 is 2.75 bits per heavy atom. The highest BCUT2D eigenvalue weighted by Gasteiger charge is 2.41.